The van der Waals surface area contributed by atoms with Crippen molar-refractivity contribution in [3.05, 3.63) is 36.8 Å². The number of carbonyl (C=O) groups excluding carboxylic acids is 1. The van der Waals surface area contributed by atoms with Gasteiger partial charge in [0.15, 0.2) is 11.5 Å². The summed E-state index contributed by atoms with van der Waals surface area (Å²) in [5.41, 5.74) is 3.19. The summed E-state index contributed by atoms with van der Waals surface area (Å²) < 4.78 is 1.72. The average Bonchev–Trinajstić information content (AvgIpc) is 3.31. The van der Waals surface area contributed by atoms with Gasteiger partial charge in [0, 0.05) is 61.1 Å². The van der Waals surface area contributed by atoms with E-state index < -0.39 is 0 Å². The van der Waals surface area contributed by atoms with Crippen molar-refractivity contribution >= 4 is 28.4 Å². The molecule has 1 aliphatic carbocycles. The predicted molar refractivity (Wildman–Crippen MR) is 106 cm³/mol. The van der Waals surface area contributed by atoms with Crippen molar-refractivity contribution in [2.24, 2.45) is 5.41 Å². The number of rotatable bonds is 3. The van der Waals surface area contributed by atoms with Gasteiger partial charge in [-0.05, 0) is 31.4 Å². The van der Waals surface area contributed by atoms with Crippen LogP contribution in [0.3, 0.4) is 0 Å². The normalized spacial score (nSPS) is 19.4. The first kappa shape index (κ1) is 15.9. The number of amides is 2. The Hall–Kier alpha value is -3.16. The second kappa shape index (κ2) is 5.67. The van der Waals surface area contributed by atoms with Gasteiger partial charge in [-0.25, -0.2) is 19.4 Å². The van der Waals surface area contributed by atoms with E-state index in [1.165, 1.54) is 12.8 Å². The van der Waals surface area contributed by atoms with Crippen molar-refractivity contribution in [1.29, 1.82) is 0 Å². The molecule has 0 bridgehead atoms. The molecule has 0 unspecified atom stereocenters. The molecule has 28 heavy (non-hydrogen) atoms. The highest BCUT2D eigenvalue weighted by Crippen LogP contribution is 2.53. The minimum absolute atomic E-state index is 0.0664. The van der Waals surface area contributed by atoms with Crippen molar-refractivity contribution in [3.8, 4) is 5.82 Å². The van der Waals surface area contributed by atoms with E-state index in [4.69, 9.17) is 0 Å². The molecule has 1 spiro atoms. The lowest BCUT2D eigenvalue weighted by Crippen LogP contribution is -2.48. The summed E-state index contributed by atoms with van der Waals surface area (Å²) in [6.45, 7) is 3.93. The summed E-state index contributed by atoms with van der Waals surface area (Å²) in [7, 11) is 0. The molecule has 2 amide bonds. The third kappa shape index (κ3) is 2.59. The van der Waals surface area contributed by atoms with E-state index in [1.807, 2.05) is 18.5 Å². The average molecular weight is 375 g/mol. The molecule has 0 atom stereocenters. The number of fused-ring (bicyclic) bond motifs is 1. The van der Waals surface area contributed by atoms with Gasteiger partial charge in [0.2, 0.25) is 0 Å². The number of hydrogen-bond acceptors (Lipinski definition) is 5. The van der Waals surface area contributed by atoms with Crippen LogP contribution < -0.4 is 10.2 Å². The summed E-state index contributed by atoms with van der Waals surface area (Å²) in [6.07, 6.45) is 9.35. The SMILES string of the molecule is O=C(Nc1ccnc(-n2cc3cc(N4CC5(CC5)C4)cnc3n2)c1)N1CCC1. The minimum atomic E-state index is -0.0664. The van der Waals surface area contributed by atoms with Crippen LogP contribution >= 0.6 is 0 Å². The zero-order valence-corrected chi connectivity index (χ0v) is 15.5. The summed E-state index contributed by atoms with van der Waals surface area (Å²) in [5, 5.41) is 8.47. The topological polar surface area (TPSA) is 79.2 Å². The molecule has 5 heterocycles. The monoisotopic (exact) mass is 375 g/mol. The number of nitrogens with zero attached hydrogens (tertiary/aromatic N) is 6. The number of carbonyl (C=O) groups is 1. The molecular formula is C20H21N7O. The predicted octanol–water partition coefficient (Wildman–Crippen LogP) is 2.65. The molecule has 142 valence electrons. The fraction of sp³-hybridized carbons (Fsp3) is 0.400. The molecule has 6 rings (SSSR count). The van der Waals surface area contributed by atoms with E-state index in [0.717, 1.165) is 43.7 Å². The molecule has 8 nitrogen and oxygen atoms in total. The number of anilines is 2. The number of hydrogen-bond donors (Lipinski definition) is 1. The second-order valence-corrected chi connectivity index (χ2v) is 8.21. The lowest BCUT2D eigenvalue weighted by molar-refractivity contribution is 0.181. The maximum absolute atomic E-state index is 12.1. The molecule has 2 saturated heterocycles. The van der Waals surface area contributed by atoms with Gasteiger partial charge in [-0.2, -0.15) is 0 Å². The van der Waals surface area contributed by atoms with E-state index in [0.29, 0.717) is 22.6 Å². The van der Waals surface area contributed by atoms with Crippen molar-refractivity contribution in [2.45, 2.75) is 19.3 Å². The molecule has 1 N–H and O–H groups in total. The highest BCUT2D eigenvalue weighted by molar-refractivity contribution is 5.90. The maximum Gasteiger partial charge on any atom is 0.321 e. The lowest BCUT2D eigenvalue weighted by Gasteiger charge is -2.41. The van der Waals surface area contributed by atoms with Crippen molar-refractivity contribution in [2.75, 3.05) is 36.4 Å². The van der Waals surface area contributed by atoms with Gasteiger partial charge in [-0.3, -0.25) is 0 Å². The van der Waals surface area contributed by atoms with Crippen molar-refractivity contribution < 1.29 is 4.79 Å². The Morgan fingerprint density at radius 1 is 1.14 bits per heavy atom. The summed E-state index contributed by atoms with van der Waals surface area (Å²) in [4.78, 5) is 25.2. The van der Waals surface area contributed by atoms with Gasteiger partial charge in [0.25, 0.3) is 0 Å². The quantitative estimate of drug-likeness (QED) is 0.761. The van der Waals surface area contributed by atoms with Crippen molar-refractivity contribution in [3.63, 3.8) is 0 Å². The van der Waals surface area contributed by atoms with E-state index in [-0.39, 0.29) is 6.03 Å². The van der Waals surface area contributed by atoms with Crippen LogP contribution in [-0.2, 0) is 0 Å². The highest BCUT2D eigenvalue weighted by atomic mass is 16.2. The fourth-order valence-corrected chi connectivity index (χ4v) is 3.98. The molecule has 3 fully saturated rings. The van der Waals surface area contributed by atoms with Crippen LogP contribution in [0.5, 0.6) is 0 Å². The Bertz CT molecular complexity index is 1080. The number of likely N-dealkylation sites (tertiary alicyclic amines) is 1. The van der Waals surface area contributed by atoms with Gasteiger partial charge >= 0.3 is 6.03 Å². The maximum atomic E-state index is 12.1. The standard InChI is InChI=1S/C20H21N7O/c28-19(25-6-1-7-25)23-15-2-5-21-17(9-15)27-11-14-8-16(10-22-18(14)24-27)26-12-20(13-26)3-4-20/h2,5,8-11H,1,3-4,6-7,12-13H2,(H,21,23,28). The molecule has 3 aromatic heterocycles. The van der Waals surface area contributed by atoms with Crippen LogP contribution in [0.2, 0.25) is 0 Å². The Morgan fingerprint density at radius 2 is 2.00 bits per heavy atom. The van der Waals surface area contributed by atoms with Gasteiger partial charge in [0.1, 0.15) is 0 Å². The molecule has 3 aromatic rings. The first-order valence-corrected chi connectivity index (χ1v) is 9.80. The molecule has 2 aliphatic heterocycles. The van der Waals surface area contributed by atoms with Crippen LogP contribution in [0.1, 0.15) is 19.3 Å². The van der Waals surface area contributed by atoms with Gasteiger partial charge < -0.3 is 15.1 Å². The second-order valence-electron chi connectivity index (χ2n) is 8.21. The van der Waals surface area contributed by atoms with Gasteiger partial charge in [0.05, 0.1) is 11.9 Å². The third-order valence-electron chi connectivity index (χ3n) is 6.09. The van der Waals surface area contributed by atoms with E-state index >= 15 is 0 Å². The van der Waals surface area contributed by atoms with E-state index in [9.17, 15) is 4.79 Å². The van der Waals surface area contributed by atoms with Crippen molar-refractivity contribution in [1.82, 2.24) is 24.6 Å². The van der Waals surface area contributed by atoms with Gasteiger partial charge in [-0.1, -0.05) is 0 Å². The Labute approximate surface area is 162 Å². The first-order chi connectivity index (χ1) is 13.7. The smallest absolute Gasteiger partial charge is 0.321 e. The fourth-order valence-electron chi connectivity index (χ4n) is 3.98. The third-order valence-corrected chi connectivity index (χ3v) is 6.09. The summed E-state index contributed by atoms with van der Waals surface area (Å²) >= 11 is 0. The van der Waals surface area contributed by atoms with Crippen LogP contribution in [0.15, 0.2) is 36.8 Å². The zero-order valence-electron chi connectivity index (χ0n) is 15.5. The van der Waals surface area contributed by atoms with E-state index in [1.54, 1.807) is 21.8 Å². The molecule has 0 radical (unpaired) electrons. The largest absolute Gasteiger partial charge is 0.369 e. The summed E-state index contributed by atoms with van der Waals surface area (Å²) in [5.74, 6) is 0.654. The lowest BCUT2D eigenvalue weighted by atomic mass is 9.96. The zero-order chi connectivity index (χ0) is 18.7. The number of urea groups is 1. The van der Waals surface area contributed by atoms with Crippen LogP contribution in [0.25, 0.3) is 16.9 Å². The molecular weight excluding hydrogens is 354 g/mol. The Kier molecular flexibility index (Phi) is 3.21. The molecule has 8 heteroatoms. The summed E-state index contributed by atoms with van der Waals surface area (Å²) in [6, 6.07) is 5.70. The first-order valence-electron chi connectivity index (χ1n) is 9.80. The highest BCUT2D eigenvalue weighted by Gasteiger charge is 2.52. The number of pyridine rings is 2. The minimum Gasteiger partial charge on any atom is -0.369 e. The molecule has 1 saturated carbocycles. The van der Waals surface area contributed by atoms with Crippen LogP contribution in [0.4, 0.5) is 16.2 Å². The Balaban J connectivity index is 1.25. The van der Waals surface area contributed by atoms with E-state index in [2.05, 4.69) is 31.3 Å². The molecule has 0 aromatic carbocycles. The molecule has 3 aliphatic rings. The van der Waals surface area contributed by atoms with Crippen LogP contribution in [-0.4, -0.2) is 56.9 Å². The number of nitrogens with one attached hydrogen (secondary N) is 1. The van der Waals surface area contributed by atoms with Gasteiger partial charge in [-0.15, -0.1) is 5.10 Å². The number of aromatic nitrogens is 4. The Morgan fingerprint density at radius 3 is 2.75 bits per heavy atom. The van der Waals surface area contributed by atoms with Crippen LogP contribution in [0, 0.1) is 5.41 Å².